The van der Waals surface area contributed by atoms with Crippen LogP contribution in [-0.2, 0) is 0 Å². The summed E-state index contributed by atoms with van der Waals surface area (Å²) in [6.07, 6.45) is 3.46. The van der Waals surface area contributed by atoms with Gasteiger partial charge in [-0.1, -0.05) is 0 Å². The molecule has 6 heteroatoms. The minimum absolute atomic E-state index is 0.514. The molecule has 102 valence electrons. The van der Waals surface area contributed by atoms with Crippen molar-refractivity contribution in [2.75, 3.05) is 19.0 Å². The highest BCUT2D eigenvalue weighted by molar-refractivity contribution is 5.64. The number of pyridine rings is 1. The van der Waals surface area contributed by atoms with Crippen LogP contribution in [0, 0.1) is 12.9 Å². The van der Waals surface area contributed by atoms with Crippen LogP contribution in [0.2, 0.25) is 0 Å². The molecule has 0 saturated heterocycles. The number of fused-ring (bicyclic) bond motifs is 1. The zero-order valence-electron chi connectivity index (χ0n) is 11.5. The highest BCUT2D eigenvalue weighted by atomic mass is 19.1. The smallest absolute Gasteiger partial charge is 0.232 e. The Morgan fingerprint density at radius 2 is 2.05 bits per heavy atom. The van der Waals surface area contributed by atoms with Gasteiger partial charge >= 0.3 is 0 Å². The van der Waals surface area contributed by atoms with Gasteiger partial charge in [0.25, 0.3) is 0 Å². The van der Waals surface area contributed by atoms with E-state index in [2.05, 4.69) is 15.1 Å². The molecule has 0 unspecified atom stereocenters. The van der Waals surface area contributed by atoms with Crippen LogP contribution >= 0.6 is 0 Å². The van der Waals surface area contributed by atoms with Gasteiger partial charge in [0.1, 0.15) is 5.82 Å². The van der Waals surface area contributed by atoms with Crippen molar-refractivity contribution in [1.29, 1.82) is 0 Å². The molecule has 0 atom stereocenters. The molecule has 3 aromatic heterocycles. The van der Waals surface area contributed by atoms with Crippen LogP contribution < -0.4 is 4.90 Å². The van der Waals surface area contributed by atoms with Crippen LogP contribution in [0.4, 0.5) is 10.2 Å². The molecule has 0 bridgehead atoms. The third kappa shape index (κ3) is 2.09. The van der Waals surface area contributed by atoms with Crippen LogP contribution in [0.25, 0.3) is 16.9 Å². The summed E-state index contributed by atoms with van der Waals surface area (Å²) in [6, 6.07) is 5.23. The van der Waals surface area contributed by atoms with E-state index in [1.807, 2.05) is 38.1 Å². The average molecular weight is 271 g/mol. The lowest BCUT2D eigenvalue weighted by molar-refractivity contribution is 0.553. The van der Waals surface area contributed by atoms with Crippen LogP contribution in [0.15, 0.2) is 30.6 Å². The van der Waals surface area contributed by atoms with Crippen LogP contribution in [0.3, 0.4) is 0 Å². The highest BCUT2D eigenvalue weighted by Gasteiger charge is 2.09. The second kappa shape index (κ2) is 4.56. The average Bonchev–Trinajstić information content (AvgIpc) is 2.83. The summed E-state index contributed by atoms with van der Waals surface area (Å²) in [4.78, 5) is 10.8. The molecule has 0 fully saturated rings. The van der Waals surface area contributed by atoms with E-state index < -0.39 is 5.95 Å². The van der Waals surface area contributed by atoms with Gasteiger partial charge in [-0.2, -0.15) is 4.39 Å². The third-order valence-electron chi connectivity index (χ3n) is 3.08. The predicted molar refractivity (Wildman–Crippen MR) is 75.2 cm³/mol. The fourth-order valence-electron chi connectivity index (χ4n) is 2.03. The Bertz CT molecular complexity index is 761. The number of rotatable bonds is 2. The standard InChI is InChI=1S/C14H14FN5/c1-9-6-12(15)18-20-8-11(17-14(9)20)10-4-5-13(16-7-10)19(2)3/h4-8H,1-3H3. The van der Waals surface area contributed by atoms with Gasteiger partial charge in [-0.15, -0.1) is 5.10 Å². The van der Waals surface area contributed by atoms with Crippen molar-refractivity contribution in [3.05, 3.63) is 42.1 Å². The van der Waals surface area contributed by atoms with Crippen molar-refractivity contribution in [3.8, 4) is 11.3 Å². The summed E-state index contributed by atoms with van der Waals surface area (Å²) in [7, 11) is 3.87. The number of aromatic nitrogens is 4. The zero-order chi connectivity index (χ0) is 14.3. The molecular weight excluding hydrogens is 257 g/mol. The van der Waals surface area contributed by atoms with Crippen molar-refractivity contribution in [1.82, 2.24) is 19.6 Å². The lowest BCUT2D eigenvalue weighted by Crippen LogP contribution is -2.09. The summed E-state index contributed by atoms with van der Waals surface area (Å²) in [5.41, 5.74) is 3.00. The van der Waals surface area contributed by atoms with E-state index in [1.165, 1.54) is 10.6 Å². The normalized spacial score (nSPS) is 11.0. The second-order valence-electron chi connectivity index (χ2n) is 4.84. The first-order chi connectivity index (χ1) is 9.54. The van der Waals surface area contributed by atoms with Gasteiger partial charge in [0, 0.05) is 31.9 Å². The number of anilines is 1. The third-order valence-corrected chi connectivity index (χ3v) is 3.08. The van der Waals surface area contributed by atoms with Gasteiger partial charge in [-0.3, -0.25) is 0 Å². The number of nitrogens with zero attached hydrogens (tertiary/aromatic N) is 5. The number of aryl methyl sites for hydroxylation is 1. The first-order valence-corrected chi connectivity index (χ1v) is 6.21. The quantitative estimate of drug-likeness (QED) is 0.717. The zero-order valence-corrected chi connectivity index (χ0v) is 11.5. The Morgan fingerprint density at radius 3 is 2.70 bits per heavy atom. The van der Waals surface area contributed by atoms with Gasteiger partial charge in [0.15, 0.2) is 5.65 Å². The minimum Gasteiger partial charge on any atom is -0.363 e. The first-order valence-electron chi connectivity index (χ1n) is 6.21. The molecule has 0 aromatic carbocycles. The van der Waals surface area contributed by atoms with Gasteiger partial charge in [0.05, 0.1) is 11.9 Å². The predicted octanol–water partition coefficient (Wildman–Crippen LogP) is 2.30. The molecule has 0 aliphatic heterocycles. The van der Waals surface area contributed by atoms with E-state index in [9.17, 15) is 4.39 Å². The van der Waals surface area contributed by atoms with Gasteiger partial charge < -0.3 is 4.90 Å². The molecule has 3 aromatic rings. The van der Waals surface area contributed by atoms with Crippen LogP contribution in [-0.4, -0.2) is 33.7 Å². The first kappa shape index (κ1) is 12.5. The van der Waals surface area contributed by atoms with Gasteiger partial charge in [-0.05, 0) is 24.6 Å². The Hall–Kier alpha value is -2.50. The lowest BCUT2D eigenvalue weighted by Gasteiger charge is -2.10. The second-order valence-corrected chi connectivity index (χ2v) is 4.84. The van der Waals surface area contributed by atoms with Gasteiger partial charge in [0.2, 0.25) is 5.95 Å². The van der Waals surface area contributed by atoms with E-state index in [-0.39, 0.29) is 0 Å². The number of imidazole rings is 1. The molecule has 0 saturated carbocycles. The summed E-state index contributed by atoms with van der Waals surface area (Å²) in [6.45, 7) is 1.81. The fraction of sp³-hybridized carbons (Fsp3) is 0.214. The maximum atomic E-state index is 13.3. The van der Waals surface area contributed by atoms with Crippen molar-refractivity contribution >= 4 is 11.5 Å². The monoisotopic (exact) mass is 271 g/mol. The molecule has 20 heavy (non-hydrogen) atoms. The molecule has 0 radical (unpaired) electrons. The van der Waals surface area contributed by atoms with Crippen molar-refractivity contribution in [2.45, 2.75) is 6.92 Å². The molecule has 3 heterocycles. The van der Waals surface area contributed by atoms with E-state index >= 15 is 0 Å². The van der Waals surface area contributed by atoms with E-state index in [0.717, 1.165) is 22.6 Å². The van der Waals surface area contributed by atoms with Crippen molar-refractivity contribution in [3.63, 3.8) is 0 Å². The Labute approximate surface area is 115 Å². The minimum atomic E-state index is -0.514. The summed E-state index contributed by atoms with van der Waals surface area (Å²) >= 11 is 0. The molecule has 0 spiro atoms. The number of halogens is 1. The van der Waals surface area contributed by atoms with Crippen molar-refractivity contribution < 1.29 is 4.39 Å². The largest absolute Gasteiger partial charge is 0.363 e. The highest BCUT2D eigenvalue weighted by Crippen LogP contribution is 2.21. The van der Waals surface area contributed by atoms with E-state index in [1.54, 1.807) is 12.4 Å². The number of hydrogen-bond donors (Lipinski definition) is 0. The van der Waals surface area contributed by atoms with Crippen molar-refractivity contribution in [2.24, 2.45) is 0 Å². The lowest BCUT2D eigenvalue weighted by atomic mass is 10.2. The molecule has 0 amide bonds. The van der Waals surface area contributed by atoms with E-state index in [4.69, 9.17) is 0 Å². The van der Waals surface area contributed by atoms with Gasteiger partial charge in [-0.25, -0.2) is 14.5 Å². The number of hydrogen-bond acceptors (Lipinski definition) is 4. The topological polar surface area (TPSA) is 46.3 Å². The fourth-order valence-corrected chi connectivity index (χ4v) is 2.03. The van der Waals surface area contributed by atoms with E-state index in [0.29, 0.717) is 5.65 Å². The molecule has 0 N–H and O–H groups in total. The Balaban J connectivity index is 2.08. The summed E-state index contributed by atoms with van der Waals surface area (Å²) in [5.74, 6) is 0.359. The van der Waals surface area contributed by atoms with Crippen LogP contribution in [0.1, 0.15) is 5.56 Å². The van der Waals surface area contributed by atoms with Crippen LogP contribution in [0.5, 0.6) is 0 Å². The maximum absolute atomic E-state index is 13.3. The summed E-state index contributed by atoms with van der Waals surface area (Å²) < 4.78 is 14.7. The maximum Gasteiger partial charge on any atom is 0.232 e. The molecule has 0 aliphatic rings. The summed E-state index contributed by atoms with van der Waals surface area (Å²) in [5, 5.41) is 3.79. The molecule has 5 nitrogen and oxygen atoms in total. The molecule has 3 rings (SSSR count). The Morgan fingerprint density at radius 1 is 1.25 bits per heavy atom. The molecule has 0 aliphatic carbocycles. The Kier molecular flexibility index (Phi) is 2.85. The SMILES string of the molecule is Cc1cc(F)nn2cc(-c3ccc(N(C)C)nc3)nc12. The molecular formula is C14H14FN5.